The van der Waals surface area contributed by atoms with Crippen molar-refractivity contribution < 1.29 is 4.79 Å². The highest BCUT2D eigenvalue weighted by Crippen LogP contribution is 2.04. The van der Waals surface area contributed by atoms with Gasteiger partial charge in [-0.1, -0.05) is 48.5 Å². The summed E-state index contributed by atoms with van der Waals surface area (Å²) >= 11 is 0. The number of rotatable bonds is 7. The number of nitrogens with zero attached hydrogens (tertiary/aromatic N) is 2. The molecule has 3 aromatic rings. The molecule has 0 unspecified atom stereocenters. The Hall–Kier alpha value is -3.45. The highest BCUT2D eigenvalue weighted by molar-refractivity contribution is 5.93. The minimum Gasteiger partial charge on any atom is -0.298 e. The maximum atomic E-state index is 12.2. The van der Waals surface area contributed by atoms with Crippen LogP contribution in [0.15, 0.2) is 72.9 Å². The maximum absolute atomic E-state index is 12.2. The van der Waals surface area contributed by atoms with E-state index in [4.69, 9.17) is 0 Å². The topological polar surface area (TPSA) is 91.0 Å². The van der Waals surface area contributed by atoms with Gasteiger partial charge in [-0.05, 0) is 23.8 Å². The lowest BCUT2D eigenvalue weighted by Gasteiger charge is -2.09. The van der Waals surface area contributed by atoms with Gasteiger partial charge in [0.05, 0.1) is 5.69 Å². The number of anilines is 2. The summed E-state index contributed by atoms with van der Waals surface area (Å²) in [5.41, 5.74) is 13.5. The smallest absolute Gasteiger partial charge is 0.288 e. The Morgan fingerprint density at radius 1 is 0.880 bits per heavy atom. The van der Waals surface area contributed by atoms with Crippen LogP contribution in [-0.2, 0) is 6.54 Å². The summed E-state index contributed by atoms with van der Waals surface area (Å²) in [6.07, 6.45) is 1.52. The number of nitrogens with one attached hydrogen (secondary N) is 4. The van der Waals surface area contributed by atoms with Crippen molar-refractivity contribution in [3.05, 3.63) is 84.2 Å². The molecular weight excluding hydrogens is 316 g/mol. The third-order valence-corrected chi connectivity index (χ3v) is 3.32. The molecule has 0 fully saturated rings. The second-order valence-corrected chi connectivity index (χ2v) is 5.17. The van der Waals surface area contributed by atoms with Crippen molar-refractivity contribution in [3.8, 4) is 0 Å². The zero-order chi connectivity index (χ0) is 17.3. The Labute approximate surface area is 145 Å². The molecule has 0 spiro atoms. The highest BCUT2D eigenvalue weighted by Gasteiger charge is 2.08. The first-order valence-corrected chi connectivity index (χ1v) is 7.78. The number of hydrogen-bond acceptors (Lipinski definition) is 6. The average Bonchev–Trinajstić information content (AvgIpc) is 2.68. The van der Waals surface area contributed by atoms with E-state index in [0.29, 0.717) is 12.5 Å². The van der Waals surface area contributed by atoms with Crippen molar-refractivity contribution in [2.75, 3.05) is 10.9 Å². The summed E-state index contributed by atoms with van der Waals surface area (Å²) in [4.78, 5) is 20.4. The molecule has 7 nitrogen and oxygen atoms in total. The fraction of sp³-hybridized carbons (Fsp3) is 0.0556. The fourth-order valence-electron chi connectivity index (χ4n) is 2.08. The van der Waals surface area contributed by atoms with Crippen molar-refractivity contribution in [2.45, 2.75) is 6.54 Å². The lowest BCUT2D eigenvalue weighted by molar-refractivity contribution is 0.0957. The molecule has 0 aliphatic carbocycles. The van der Waals surface area contributed by atoms with Crippen LogP contribution in [-0.4, -0.2) is 15.9 Å². The minimum atomic E-state index is -0.350. The molecule has 0 saturated carbocycles. The van der Waals surface area contributed by atoms with Crippen molar-refractivity contribution in [1.29, 1.82) is 0 Å². The Morgan fingerprint density at radius 3 is 2.36 bits per heavy atom. The van der Waals surface area contributed by atoms with Crippen LogP contribution in [0.1, 0.15) is 16.1 Å². The number of hydrazine groups is 2. The molecule has 0 atom stereocenters. The minimum absolute atomic E-state index is 0.252. The quantitative estimate of drug-likeness (QED) is 0.496. The standard InChI is InChI=1S/C18H18N6O/c25-17(23-22-15-9-5-2-6-10-15)16-11-12-19-18(21-16)24-20-13-14-7-3-1-4-8-14/h1-12,20,22H,13H2,(H,23,25)(H,19,21,24). The van der Waals surface area contributed by atoms with Crippen LogP contribution in [0.4, 0.5) is 11.6 Å². The number of carbonyl (C=O) groups is 1. The van der Waals surface area contributed by atoms with E-state index >= 15 is 0 Å². The van der Waals surface area contributed by atoms with Gasteiger partial charge in [0.25, 0.3) is 5.91 Å². The third kappa shape index (κ3) is 5.02. The van der Waals surface area contributed by atoms with E-state index in [2.05, 4.69) is 31.7 Å². The van der Waals surface area contributed by atoms with Crippen molar-refractivity contribution in [3.63, 3.8) is 0 Å². The number of amides is 1. The Bertz CT molecular complexity index is 810. The Balaban J connectivity index is 1.52. The first-order valence-electron chi connectivity index (χ1n) is 7.78. The zero-order valence-electron chi connectivity index (χ0n) is 13.4. The van der Waals surface area contributed by atoms with Gasteiger partial charge in [0, 0.05) is 12.7 Å². The molecule has 0 saturated heterocycles. The molecule has 0 aliphatic heterocycles. The summed E-state index contributed by atoms with van der Waals surface area (Å²) in [6, 6.07) is 20.8. The summed E-state index contributed by atoms with van der Waals surface area (Å²) in [5.74, 6) is -0.0272. The first kappa shape index (κ1) is 16.4. The van der Waals surface area contributed by atoms with Crippen LogP contribution in [0, 0.1) is 0 Å². The molecule has 1 aromatic heterocycles. The summed E-state index contributed by atoms with van der Waals surface area (Å²) in [5, 5.41) is 0. The van der Waals surface area contributed by atoms with E-state index in [1.807, 2.05) is 60.7 Å². The second-order valence-electron chi connectivity index (χ2n) is 5.17. The SMILES string of the molecule is O=C(NNc1ccccc1)c1ccnc(NNCc2ccccc2)n1. The van der Waals surface area contributed by atoms with Crippen molar-refractivity contribution >= 4 is 17.5 Å². The molecule has 0 radical (unpaired) electrons. The molecule has 3 rings (SSSR count). The molecule has 4 N–H and O–H groups in total. The number of carbonyl (C=O) groups excluding carboxylic acids is 1. The Kier molecular flexibility index (Phi) is 5.52. The largest absolute Gasteiger partial charge is 0.298 e. The van der Waals surface area contributed by atoms with Gasteiger partial charge >= 0.3 is 0 Å². The van der Waals surface area contributed by atoms with Crippen molar-refractivity contribution in [1.82, 2.24) is 20.8 Å². The zero-order valence-corrected chi connectivity index (χ0v) is 13.4. The molecule has 1 amide bonds. The molecule has 1 heterocycles. The van der Waals surface area contributed by atoms with Gasteiger partial charge in [-0.25, -0.2) is 15.4 Å². The van der Waals surface area contributed by atoms with E-state index in [1.54, 1.807) is 6.07 Å². The molecule has 0 aliphatic rings. The monoisotopic (exact) mass is 334 g/mol. The van der Waals surface area contributed by atoms with Gasteiger partial charge in [-0.15, -0.1) is 0 Å². The van der Waals surface area contributed by atoms with Crippen LogP contribution in [0.2, 0.25) is 0 Å². The Morgan fingerprint density at radius 2 is 1.60 bits per heavy atom. The maximum Gasteiger partial charge on any atom is 0.288 e. The lowest BCUT2D eigenvalue weighted by atomic mass is 10.2. The van der Waals surface area contributed by atoms with Crippen molar-refractivity contribution in [2.24, 2.45) is 0 Å². The molecule has 2 aromatic carbocycles. The van der Waals surface area contributed by atoms with Gasteiger partial charge in [-0.2, -0.15) is 0 Å². The van der Waals surface area contributed by atoms with Gasteiger partial charge in [0.1, 0.15) is 5.69 Å². The first-order chi connectivity index (χ1) is 12.3. The molecular formula is C18H18N6O. The number of aromatic nitrogens is 2. The summed E-state index contributed by atoms with van der Waals surface area (Å²) < 4.78 is 0. The fourth-order valence-corrected chi connectivity index (χ4v) is 2.08. The molecule has 0 bridgehead atoms. The number of benzene rings is 2. The predicted molar refractivity (Wildman–Crippen MR) is 96.5 cm³/mol. The van der Waals surface area contributed by atoms with Crippen LogP contribution in [0.5, 0.6) is 0 Å². The molecule has 25 heavy (non-hydrogen) atoms. The van der Waals surface area contributed by atoms with Crippen LogP contribution >= 0.6 is 0 Å². The van der Waals surface area contributed by atoms with Gasteiger partial charge in [0.15, 0.2) is 0 Å². The molecule has 7 heteroatoms. The second kappa shape index (κ2) is 8.42. The van der Waals surface area contributed by atoms with Gasteiger partial charge in [-0.3, -0.25) is 21.1 Å². The van der Waals surface area contributed by atoms with Crippen LogP contribution in [0.25, 0.3) is 0 Å². The number of hydrogen-bond donors (Lipinski definition) is 4. The molecule has 126 valence electrons. The van der Waals surface area contributed by atoms with E-state index in [0.717, 1.165) is 11.3 Å². The predicted octanol–water partition coefficient (Wildman–Crippen LogP) is 2.35. The highest BCUT2D eigenvalue weighted by atomic mass is 16.2. The summed E-state index contributed by atoms with van der Waals surface area (Å²) in [7, 11) is 0. The van der Waals surface area contributed by atoms with Crippen LogP contribution in [0.3, 0.4) is 0 Å². The lowest BCUT2D eigenvalue weighted by Crippen LogP contribution is -2.30. The van der Waals surface area contributed by atoms with E-state index < -0.39 is 0 Å². The summed E-state index contributed by atoms with van der Waals surface area (Å²) in [6.45, 7) is 0.607. The van der Waals surface area contributed by atoms with E-state index in [9.17, 15) is 4.79 Å². The van der Waals surface area contributed by atoms with Gasteiger partial charge in [0.2, 0.25) is 5.95 Å². The van der Waals surface area contributed by atoms with Gasteiger partial charge < -0.3 is 0 Å². The van der Waals surface area contributed by atoms with Crippen LogP contribution < -0.4 is 21.7 Å². The van der Waals surface area contributed by atoms with E-state index in [-0.39, 0.29) is 11.6 Å². The normalized spacial score (nSPS) is 10.1. The third-order valence-electron chi connectivity index (χ3n) is 3.32. The number of para-hydroxylation sites is 1. The van der Waals surface area contributed by atoms with E-state index in [1.165, 1.54) is 6.20 Å². The average molecular weight is 334 g/mol.